The molecule has 1 nitrogen and oxygen atoms in total. The zero-order valence-electron chi connectivity index (χ0n) is 28.2. The molecule has 50 heavy (non-hydrogen) atoms. The summed E-state index contributed by atoms with van der Waals surface area (Å²) in [7, 11) is 0. The quantitative estimate of drug-likeness (QED) is 0.167. The molecule has 0 amide bonds. The summed E-state index contributed by atoms with van der Waals surface area (Å²) in [5, 5.41) is 9.66. The van der Waals surface area contributed by atoms with Gasteiger partial charge in [0.25, 0.3) is 0 Å². The topological polar surface area (TPSA) is 13.1 Å². The van der Waals surface area contributed by atoms with Crippen molar-refractivity contribution in [3.63, 3.8) is 0 Å². The van der Waals surface area contributed by atoms with Crippen molar-refractivity contribution < 1.29 is 4.42 Å². The summed E-state index contributed by atoms with van der Waals surface area (Å²) in [4.78, 5) is 0. The van der Waals surface area contributed by atoms with Gasteiger partial charge >= 0.3 is 0 Å². The lowest BCUT2D eigenvalue weighted by atomic mass is 9.96. The molecule has 0 N–H and O–H groups in total. The SMILES string of the molecule is C=C/C=C\C(=C)c1ccc(-c2ccccccc(-c3ccc4sc5cc6cc7c(cc6cc5c4c3)oc3ccccc37)/c(=C/C)c2=CC)cc1. The highest BCUT2D eigenvalue weighted by Crippen LogP contribution is 2.40. The number of rotatable bonds is 5. The third kappa shape index (κ3) is 5.54. The van der Waals surface area contributed by atoms with Crippen molar-refractivity contribution in [2.24, 2.45) is 0 Å². The van der Waals surface area contributed by atoms with Crippen LogP contribution in [-0.4, -0.2) is 0 Å². The van der Waals surface area contributed by atoms with Crippen molar-refractivity contribution in [3.8, 4) is 22.3 Å². The first-order valence-electron chi connectivity index (χ1n) is 17.0. The monoisotopic (exact) mass is 660 g/mol. The Morgan fingerprint density at radius 1 is 0.580 bits per heavy atom. The maximum Gasteiger partial charge on any atom is 0.136 e. The third-order valence-electron chi connectivity index (χ3n) is 9.54. The lowest BCUT2D eigenvalue weighted by Gasteiger charge is -2.08. The van der Waals surface area contributed by atoms with Crippen LogP contribution in [0.4, 0.5) is 0 Å². The molecule has 0 saturated carbocycles. The van der Waals surface area contributed by atoms with Gasteiger partial charge in [0.2, 0.25) is 0 Å². The molecule has 8 rings (SSSR count). The molecule has 2 aromatic heterocycles. The average molecular weight is 661 g/mol. The van der Waals surface area contributed by atoms with Gasteiger partial charge in [-0.25, -0.2) is 0 Å². The zero-order chi connectivity index (χ0) is 34.2. The van der Waals surface area contributed by atoms with Crippen LogP contribution < -0.4 is 10.4 Å². The van der Waals surface area contributed by atoms with Gasteiger partial charge in [0.05, 0.1) is 0 Å². The third-order valence-corrected chi connectivity index (χ3v) is 10.7. The Labute approximate surface area is 296 Å². The molecule has 0 saturated heterocycles. The van der Waals surface area contributed by atoms with Crippen LogP contribution in [0.2, 0.25) is 0 Å². The molecule has 0 spiro atoms. The summed E-state index contributed by atoms with van der Waals surface area (Å²) >= 11 is 1.86. The summed E-state index contributed by atoms with van der Waals surface area (Å²) in [5.74, 6) is 0. The fourth-order valence-corrected chi connectivity index (χ4v) is 8.20. The summed E-state index contributed by atoms with van der Waals surface area (Å²) < 4.78 is 8.83. The van der Waals surface area contributed by atoms with Gasteiger partial charge in [0, 0.05) is 30.9 Å². The molecule has 6 aromatic carbocycles. The van der Waals surface area contributed by atoms with E-state index in [-0.39, 0.29) is 0 Å². The van der Waals surface area contributed by atoms with E-state index in [4.69, 9.17) is 4.42 Å². The maximum absolute atomic E-state index is 6.25. The smallest absolute Gasteiger partial charge is 0.136 e. The predicted octanol–water partition coefficient (Wildman–Crippen LogP) is 12.9. The summed E-state index contributed by atoms with van der Waals surface area (Å²) in [5.41, 5.74) is 8.59. The van der Waals surface area contributed by atoms with E-state index in [0.717, 1.165) is 38.6 Å². The maximum atomic E-state index is 6.25. The van der Waals surface area contributed by atoms with Gasteiger partial charge in [0.1, 0.15) is 11.2 Å². The van der Waals surface area contributed by atoms with E-state index in [2.05, 4.69) is 154 Å². The molecule has 0 radical (unpaired) electrons. The van der Waals surface area contributed by atoms with Gasteiger partial charge in [-0.05, 0) is 111 Å². The first-order valence-corrected chi connectivity index (χ1v) is 17.8. The Morgan fingerprint density at radius 3 is 1.96 bits per heavy atom. The Balaban J connectivity index is 1.31. The van der Waals surface area contributed by atoms with Crippen LogP contribution in [0.1, 0.15) is 19.4 Å². The highest BCUT2D eigenvalue weighted by Gasteiger charge is 2.13. The van der Waals surface area contributed by atoms with E-state index in [1.54, 1.807) is 6.08 Å². The summed E-state index contributed by atoms with van der Waals surface area (Å²) in [6.07, 6.45) is 10.2. The molecule has 0 atom stereocenters. The van der Waals surface area contributed by atoms with Gasteiger partial charge in [0.15, 0.2) is 0 Å². The van der Waals surface area contributed by atoms with Gasteiger partial charge in [-0.3, -0.25) is 0 Å². The van der Waals surface area contributed by atoms with Crippen molar-refractivity contribution in [2.45, 2.75) is 13.8 Å². The van der Waals surface area contributed by atoms with E-state index in [1.807, 2.05) is 35.6 Å². The van der Waals surface area contributed by atoms with E-state index in [0.29, 0.717) is 0 Å². The minimum Gasteiger partial charge on any atom is -0.456 e. The molecule has 0 bridgehead atoms. The number of fused-ring (bicyclic) bond motifs is 7. The number of hydrogen-bond acceptors (Lipinski definition) is 2. The van der Waals surface area contributed by atoms with Crippen LogP contribution in [0.15, 0.2) is 163 Å². The Morgan fingerprint density at radius 2 is 1.22 bits per heavy atom. The molecule has 240 valence electrons. The van der Waals surface area contributed by atoms with E-state index >= 15 is 0 Å². The molecule has 0 unspecified atom stereocenters. The molecule has 2 heterocycles. The molecule has 0 aliphatic rings. The van der Waals surface area contributed by atoms with Gasteiger partial charge in [-0.1, -0.05) is 128 Å². The molecule has 8 aromatic rings. The van der Waals surface area contributed by atoms with Crippen LogP contribution in [-0.2, 0) is 0 Å². The Bertz CT molecular complexity index is 2860. The fraction of sp³-hybridized carbons (Fsp3) is 0.0417. The zero-order valence-corrected chi connectivity index (χ0v) is 29.1. The Kier molecular flexibility index (Phi) is 8.24. The lowest BCUT2D eigenvalue weighted by Crippen LogP contribution is -2.27. The van der Waals surface area contributed by atoms with Crippen molar-refractivity contribution in [3.05, 3.63) is 175 Å². The molecule has 0 fully saturated rings. The number of benzene rings is 5. The molecular weight excluding hydrogens is 625 g/mol. The van der Waals surface area contributed by atoms with Crippen molar-refractivity contribution in [1.29, 1.82) is 0 Å². The molecular formula is C48H36OS. The fourth-order valence-electron chi connectivity index (χ4n) is 7.08. The van der Waals surface area contributed by atoms with E-state index in [1.165, 1.54) is 58.1 Å². The average Bonchev–Trinajstić information content (AvgIpc) is 3.69. The minimum absolute atomic E-state index is 0.926. The van der Waals surface area contributed by atoms with Gasteiger partial charge in [-0.15, -0.1) is 11.3 Å². The van der Waals surface area contributed by atoms with E-state index in [9.17, 15) is 0 Å². The highest BCUT2D eigenvalue weighted by molar-refractivity contribution is 7.25. The van der Waals surface area contributed by atoms with Crippen LogP contribution >= 0.6 is 11.3 Å². The number of thiophene rings is 1. The largest absolute Gasteiger partial charge is 0.456 e. The second-order valence-electron chi connectivity index (χ2n) is 12.5. The molecule has 0 aliphatic carbocycles. The van der Waals surface area contributed by atoms with Crippen molar-refractivity contribution in [2.75, 3.05) is 0 Å². The predicted molar refractivity (Wildman–Crippen MR) is 221 cm³/mol. The number of hydrogen-bond donors (Lipinski definition) is 0. The lowest BCUT2D eigenvalue weighted by molar-refractivity contribution is 0.669. The van der Waals surface area contributed by atoms with E-state index < -0.39 is 0 Å². The number of para-hydroxylation sites is 1. The number of furan rings is 1. The van der Waals surface area contributed by atoms with Crippen molar-refractivity contribution >= 4 is 81.9 Å². The summed E-state index contributed by atoms with van der Waals surface area (Å²) in [6.45, 7) is 12.3. The normalized spacial score (nSPS) is 12.5. The van der Waals surface area contributed by atoms with Crippen LogP contribution in [0, 0.1) is 0 Å². The molecule has 2 heteroatoms. The van der Waals surface area contributed by atoms with Gasteiger partial charge in [-0.2, -0.15) is 0 Å². The standard InChI is InChI=1S/C48H36OS/c1-5-8-15-31(4)32-20-22-33(23-21-32)39-16-11-9-10-12-17-40(38(7-3)37(39)6-2)34-24-25-47-43(26-34)44-28-35-29-46-42(27-36(35)30-48(44)50-47)41-18-13-14-19-45(41)49-46/h5-30H,1,4H2,2-3H3/b11-9?,12-10?,15-8-,37-6?,38-7+,39-16?,40-17?. The first kappa shape index (κ1) is 31.3. The van der Waals surface area contributed by atoms with Crippen LogP contribution in [0.3, 0.4) is 0 Å². The van der Waals surface area contributed by atoms with Crippen molar-refractivity contribution in [1.82, 2.24) is 0 Å². The van der Waals surface area contributed by atoms with Crippen LogP contribution in [0.25, 0.3) is 92.9 Å². The summed E-state index contributed by atoms with van der Waals surface area (Å²) in [6, 6.07) is 46.0. The first-order chi connectivity index (χ1) is 24.6. The minimum atomic E-state index is 0.926. The van der Waals surface area contributed by atoms with Gasteiger partial charge < -0.3 is 4.42 Å². The van der Waals surface area contributed by atoms with Crippen LogP contribution in [0.5, 0.6) is 0 Å². The second-order valence-corrected chi connectivity index (χ2v) is 13.6. The highest BCUT2D eigenvalue weighted by atomic mass is 32.1. The second kappa shape index (κ2) is 13.2. The molecule has 0 aliphatic heterocycles. The Hall–Kier alpha value is -5.96. The number of allylic oxidation sites excluding steroid dienone is 4.